The van der Waals surface area contributed by atoms with Crippen LogP contribution >= 0.6 is 0 Å². The Labute approximate surface area is 122 Å². The quantitative estimate of drug-likeness (QED) is 0.786. The second-order valence-electron chi connectivity index (χ2n) is 6.81. The number of aliphatic carboxylic acids is 1. The molecule has 20 heavy (non-hydrogen) atoms. The van der Waals surface area contributed by atoms with Crippen LogP contribution in [0, 0.1) is 17.3 Å². The molecule has 2 N–H and O–H groups in total. The molecule has 1 amide bonds. The summed E-state index contributed by atoms with van der Waals surface area (Å²) in [6, 6.07) is 0.146. The molecule has 0 bridgehead atoms. The van der Waals surface area contributed by atoms with E-state index in [1.165, 1.54) is 32.1 Å². The van der Waals surface area contributed by atoms with Crippen LogP contribution in [0.3, 0.4) is 0 Å². The van der Waals surface area contributed by atoms with Crippen LogP contribution in [0.1, 0.15) is 66.2 Å². The fraction of sp³-hybridized carbons (Fsp3) is 0.875. The fourth-order valence-electron chi connectivity index (χ4n) is 2.92. The molecule has 2 atom stereocenters. The summed E-state index contributed by atoms with van der Waals surface area (Å²) >= 11 is 0. The number of carboxylic acid groups (broad SMARTS) is 1. The van der Waals surface area contributed by atoms with Crippen LogP contribution in [-0.4, -0.2) is 23.0 Å². The summed E-state index contributed by atoms with van der Waals surface area (Å²) in [5.74, 6) is -0.562. The standard InChI is InChI=1S/C16H29NO3/c1-11(2)16(4,15(19)20)10-14(18)17-12(3)13-8-6-5-7-9-13/h11-13H,5-10H2,1-4H3,(H,17,18)(H,19,20). The van der Waals surface area contributed by atoms with Crippen LogP contribution in [0.2, 0.25) is 0 Å². The van der Waals surface area contributed by atoms with E-state index in [0.717, 1.165) is 0 Å². The van der Waals surface area contributed by atoms with Crippen molar-refractivity contribution in [3.05, 3.63) is 0 Å². The third kappa shape index (κ3) is 4.22. The molecule has 0 aromatic carbocycles. The number of amides is 1. The van der Waals surface area contributed by atoms with Gasteiger partial charge in [-0.3, -0.25) is 9.59 Å². The van der Waals surface area contributed by atoms with Gasteiger partial charge in [0.15, 0.2) is 0 Å². The van der Waals surface area contributed by atoms with E-state index in [1.807, 2.05) is 20.8 Å². The SMILES string of the molecule is CC(NC(=O)CC(C)(C(=O)O)C(C)C)C1CCCCC1. The fourth-order valence-corrected chi connectivity index (χ4v) is 2.92. The van der Waals surface area contributed by atoms with Gasteiger partial charge in [0.25, 0.3) is 0 Å². The number of hydrogen-bond donors (Lipinski definition) is 2. The predicted octanol–water partition coefficient (Wildman–Crippen LogP) is 3.21. The molecule has 0 radical (unpaired) electrons. The van der Waals surface area contributed by atoms with Gasteiger partial charge in [-0.05, 0) is 38.5 Å². The van der Waals surface area contributed by atoms with Crippen molar-refractivity contribution in [3.8, 4) is 0 Å². The molecule has 4 nitrogen and oxygen atoms in total. The first-order valence-corrected chi connectivity index (χ1v) is 7.80. The minimum atomic E-state index is -0.990. The second kappa shape index (κ2) is 7.09. The van der Waals surface area contributed by atoms with Crippen molar-refractivity contribution in [2.75, 3.05) is 0 Å². The Morgan fingerprint density at radius 3 is 2.20 bits per heavy atom. The molecule has 1 fully saturated rings. The van der Waals surface area contributed by atoms with Gasteiger partial charge >= 0.3 is 5.97 Å². The van der Waals surface area contributed by atoms with Gasteiger partial charge in [0.05, 0.1) is 5.41 Å². The number of rotatable bonds is 6. The molecule has 116 valence electrons. The highest BCUT2D eigenvalue weighted by Crippen LogP contribution is 2.32. The predicted molar refractivity (Wildman–Crippen MR) is 79.4 cm³/mol. The average Bonchev–Trinajstić information content (AvgIpc) is 2.38. The highest BCUT2D eigenvalue weighted by Gasteiger charge is 2.39. The lowest BCUT2D eigenvalue weighted by Gasteiger charge is -2.31. The highest BCUT2D eigenvalue weighted by atomic mass is 16.4. The van der Waals surface area contributed by atoms with Crippen LogP contribution in [0.15, 0.2) is 0 Å². The Balaban J connectivity index is 2.55. The Morgan fingerprint density at radius 2 is 1.75 bits per heavy atom. The van der Waals surface area contributed by atoms with Crippen LogP contribution in [0.5, 0.6) is 0 Å². The molecule has 0 aromatic rings. The van der Waals surface area contributed by atoms with Crippen molar-refractivity contribution in [1.29, 1.82) is 0 Å². The van der Waals surface area contributed by atoms with Crippen LogP contribution < -0.4 is 5.32 Å². The topological polar surface area (TPSA) is 66.4 Å². The molecule has 0 spiro atoms. The van der Waals surface area contributed by atoms with E-state index < -0.39 is 11.4 Å². The molecule has 0 aliphatic heterocycles. The summed E-state index contributed by atoms with van der Waals surface area (Å²) in [5, 5.41) is 12.4. The van der Waals surface area contributed by atoms with Gasteiger partial charge in [-0.25, -0.2) is 0 Å². The Hall–Kier alpha value is -1.06. The summed E-state index contributed by atoms with van der Waals surface area (Å²) < 4.78 is 0. The van der Waals surface area contributed by atoms with E-state index >= 15 is 0 Å². The van der Waals surface area contributed by atoms with E-state index in [1.54, 1.807) is 6.92 Å². The molecular weight excluding hydrogens is 254 g/mol. The van der Waals surface area contributed by atoms with Crippen molar-refractivity contribution in [3.63, 3.8) is 0 Å². The van der Waals surface area contributed by atoms with E-state index in [-0.39, 0.29) is 24.3 Å². The maximum Gasteiger partial charge on any atom is 0.310 e. The Kier molecular flexibility index (Phi) is 6.03. The Morgan fingerprint density at radius 1 is 1.20 bits per heavy atom. The van der Waals surface area contributed by atoms with Gasteiger partial charge in [-0.1, -0.05) is 33.1 Å². The zero-order valence-electron chi connectivity index (χ0n) is 13.2. The summed E-state index contributed by atoms with van der Waals surface area (Å²) in [7, 11) is 0. The molecule has 1 saturated carbocycles. The first kappa shape index (κ1) is 17.0. The van der Waals surface area contributed by atoms with E-state index in [2.05, 4.69) is 5.32 Å². The lowest BCUT2D eigenvalue weighted by molar-refractivity contribution is -0.153. The molecule has 1 aliphatic rings. The number of carbonyl (C=O) groups is 2. The maximum atomic E-state index is 12.1. The number of nitrogens with one attached hydrogen (secondary N) is 1. The average molecular weight is 283 g/mol. The largest absolute Gasteiger partial charge is 0.481 e. The first-order valence-electron chi connectivity index (χ1n) is 7.80. The molecule has 1 aliphatic carbocycles. The van der Waals surface area contributed by atoms with E-state index in [9.17, 15) is 14.7 Å². The van der Waals surface area contributed by atoms with Crippen molar-refractivity contribution >= 4 is 11.9 Å². The van der Waals surface area contributed by atoms with Gasteiger partial charge < -0.3 is 10.4 Å². The number of carbonyl (C=O) groups excluding carboxylic acids is 1. The van der Waals surface area contributed by atoms with Crippen molar-refractivity contribution < 1.29 is 14.7 Å². The maximum absolute atomic E-state index is 12.1. The minimum absolute atomic E-state index is 0.0526. The van der Waals surface area contributed by atoms with E-state index in [4.69, 9.17) is 0 Å². The third-order valence-electron chi connectivity index (χ3n) is 5.04. The zero-order valence-corrected chi connectivity index (χ0v) is 13.2. The summed E-state index contributed by atoms with van der Waals surface area (Å²) in [5.41, 5.74) is -0.990. The molecular formula is C16H29NO3. The summed E-state index contributed by atoms with van der Waals surface area (Å²) in [6.07, 6.45) is 6.16. The van der Waals surface area contributed by atoms with Crippen molar-refractivity contribution in [1.82, 2.24) is 5.32 Å². The number of carboxylic acids is 1. The smallest absolute Gasteiger partial charge is 0.310 e. The Bertz CT molecular complexity index is 348. The van der Waals surface area contributed by atoms with E-state index in [0.29, 0.717) is 5.92 Å². The lowest BCUT2D eigenvalue weighted by Crippen LogP contribution is -2.44. The van der Waals surface area contributed by atoms with Gasteiger partial charge in [0.2, 0.25) is 5.91 Å². The minimum Gasteiger partial charge on any atom is -0.481 e. The highest BCUT2D eigenvalue weighted by molar-refractivity contribution is 5.85. The molecule has 4 heteroatoms. The van der Waals surface area contributed by atoms with Gasteiger partial charge in [0, 0.05) is 12.5 Å². The van der Waals surface area contributed by atoms with Crippen molar-refractivity contribution in [2.24, 2.45) is 17.3 Å². The molecule has 2 unspecified atom stereocenters. The number of hydrogen-bond acceptors (Lipinski definition) is 2. The van der Waals surface area contributed by atoms with Gasteiger partial charge in [-0.15, -0.1) is 0 Å². The monoisotopic (exact) mass is 283 g/mol. The van der Waals surface area contributed by atoms with Crippen LogP contribution in [0.4, 0.5) is 0 Å². The first-order chi connectivity index (χ1) is 9.27. The van der Waals surface area contributed by atoms with Crippen molar-refractivity contribution in [2.45, 2.75) is 72.3 Å². The molecule has 0 saturated heterocycles. The summed E-state index contributed by atoms with van der Waals surface area (Å²) in [4.78, 5) is 23.6. The molecule has 1 rings (SSSR count). The molecule has 0 aromatic heterocycles. The lowest BCUT2D eigenvalue weighted by atomic mass is 9.76. The zero-order chi connectivity index (χ0) is 15.3. The third-order valence-corrected chi connectivity index (χ3v) is 5.04. The van der Waals surface area contributed by atoms with Gasteiger partial charge in [-0.2, -0.15) is 0 Å². The summed E-state index contributed by atoms with van der Waals surface area (Å²) in [6.45, 7) is 7.41. The van der Waals surface area contributed by atoms with Crippen LogP contribution in [-0.2, 0) is 9.59 Å². The van der Waals surface area contributed by atoms with Crippen LogP contribution in [0.25, 0.3) is 0 Å². The van der Waals surface area contributed by atoms with Gasteiger partial charge in [0.1, 0.15) is 0 Å². The molecule has 0 heterocycles. The normalized spacial score (nSPS) is 21.2. The second-order valence-corrected chi connectivity index (χ2v) is 6.81.